The van der Waals surface area contributed by atoms with Gasteiger partial charge in [0.05, 0.1) is 4.90 Å². The number of anilines is 1. The van der Waals surface area contributed by atoms with Crippen molar-refractivity contribution in [1.29, 1.82) is 0 Å². The Morgan fingerprint density at radius 1 is 1.09 bits per heavy atom. The Kier molecular flexibility index (Phi) is 7.44. The lowest BCUT2D eigenvalue weighted by Gasteiger charge is -2.27. The summed E-state index contributed by atoms with van der Waals surface area (Å²) in [7, 11) is -3.79. The van der Waals surface area contributed by atoms with Crippen LogP contribution in [0.25, 0.3) is 0 Å². The first-order chi connectivity index (χ1) is 15.9. The summed E-state index contributed by atoms with van der Waals surface area (Å²) in [6.45, 7) is 1.89. The summed E-state index contributed by atoms with van der Waals surface area (Å²) in [5.41, 5.74) is 1.56. The average Bonchev–Trinajstić information content (AvgIpc) is 3.13. The predicted octanol–water partition coefficient (Wildman–Crippen LogP) is 3.30. The van der Waals surface area contributed by atoms with Gasteiger partial charge in [-0.25, -0.2) is 8.42 Å². The molecular weight excluding hydrogens is 460 g/mol. The molecule has 0 saturated carbocycles. The lowest BCUT2D eigenvalue weighted by Crippen LogP contribution is -2.35. The summed E-state index contributed by atoms with van der Waals surface area (Å²) in [5, 5.41) is 4.75. The SMILES string of the molecule is O=C(CCC(=O)N1CCc2sccc2C1)Nc1cccc(S(=O)(=O)NC2=NCCCCC2)c1. The third-order valence-electron chi connectivity index (χ3n) is 5.78. The quantitative estimate of drug-likeness (QED) is 0.650. The van der Waals surface area contributed by atoms with Crippen LogP contribution in [0.2, 0.25) is 0 Å². The van der Waals surface area contributed by atoms with Crippen molar-refractivity contribution in [1.82, 2.24) is 9.62 Å². The largest absolute Gasteiger partial charge is 0.338 e. The number of carbonyl (C=O) groups is 2. The van der Waals surface area contributed by atoms with Crippen LogP contribution in [0.4, 0.5) is 5.69 Å². The van der Waals surface area contributed by atoms with Crippen molar-refractivity contribution < 1.29 is 18.0 Å². The van der Waals surface area contributed by atoms with Gasteiger partial charge in [0.1, 0.15) is 5.84 Å². The standard InChI is InChI=1S/C23H28N4O4S2/c28-22(8-9-23(29)27-13-10-20-17(16-27)11-14-32-20)25-18-5-4-6-19(15-18)33(30,31)26-21-7-2-1-3-12-24-21/h4-6,11,14-15H,1-3,7-10,12-13,16H2,(H,24,26)(H,25,28). The molecule has 2 amide bonds. The van der Waals surface area contributed by atoms with E-state index in [1.807, 2.05) is 11.4 Å². The highest BCUT2D eigenvalue weighted by molar-refractivity contribution is 7.90. The number of sulfonamides is 1. The Labute approximate surface area is 198 Å². The second-order valence-electron chi connectivity index (χ2n) is 8.25. The van der Waals surface area contributed by atoms with E-state index in [-0.39, 0.29) is 29.6 Å². The van der Waals surface area contributed by atoms with E-state index in [1.165, 1.54) is 22.6 Å². The molecule has 0 saturated heterocycles. The van der Waals surface area contributed by atoms with Crippen molar-refractivity contribution in [2.75, 3.05) is 18.4 Å². The van der Waals surface area contributed by atoms with Gasteiger partial charge >= 0.3 is 0 Å². The van der Waals surface area contributed by atoms with Crippen LogP contribution in [-0.2, 0) is 32.6 Å². The highest BCUT2D eigenvalue weighted by Crippen LogP contribution is 2.24. The van der Waals surface area contributed by atoms with Crippen molar-refractivity contribution in [2.24, 2.45) is 4.99 Å². The molecule has 0 spiro atoms. The minimum absolute atomic E-state index is 0.0395. The topological polar surface area (TPSA) is 108 Å². The van der Waals surface area contributed by atoms with Gasteiger partial charge in [0.15, 0.2) is 0 Å². The molecule has 0 aliphatic carbocycles. The molecule has 1 aromatic heterocycles. The number of nitrogens with zero attached hydrogens (tertiary/aromatic N) is 2. The number of hydrogen-bond donors (Lipinski definition) is 2. The molecule has 2 aliphatic heterocycles. The number of rotatable bonds is 6. The van der Waals surface area contributed by atoms with Crippen molar-refractivity contribution in [2.45, 2.75) is 56.4 Å². The van der Waals surface area contributed by atoms with Gasteiger partial charge in [0.2, 0.25) is 11.8 Å². The molecule has 0 unspecified atom stereocenters. The van der Waals surface area contributed by atoms with Crippen LogP contribution in [0.3, 0.4) is 0 Å². The first-order valence-corrected chi connectivity index (χ1v) is 13.6. The van der Waals surface area contributed by atoms with Crippen molar-refractivity contribution in [3.63, 3.8) is 0 Å². The Morgan fingerprint density at radius 3 is 2.85 bits per heavy atom. The maximum Gasteiger partial charge on any atom is 0.262 e. The van der Waals surface area contributed by atoms with Crippen LogP contribution < -0.4 is 10.0 Å². The van der Waals surface area contributed by atoms with E-state index in [4.69, 9.17) is 0 Å². The Balaban J connectivity index is 1.31. The molecule has 0 atom stereocenters. The van der Waals surface area contributed by atoms with E-state index in [2.05, 4.69) is 15.0 Å². The summed E-state index contributed by atoms with van der Waals surface area (Å²) in [4.78, 5) is 32.4. The maximum atomic E-state index is 12.8. The number of aliphatic imine (C=N–C) groups is 1. The molecule has 0 radical (unpaired) electrons. The monoisotopic (exact) mass is 488 g/mol. The van der Waals surface area contributed by atoms with E-state index < -0.39 is 10.0 Å². The van der Waals surface area contributed by atoms with Crippen molar-refractivity contribution >= 4 is 44.7 Å². The van der Waals surface area contributed by atoms with Crippen LogP contribution in [0.5, 0.6) is 0 Å². The van der Waals surface area contributed by atoms with Gasteiger partial charge < -0.3 is 10.2 Å². The minimum atomic E-state index is -3.79. The third kappa shape index (κ3) is 6.20. The molecule has 0 fully saturated rings. The zero-order valence-corrected chi connectivity index (χ0v) is 20.0. The lowest BCUT2D eigenvalue weighted by molar-refractivity contribution is -0.133. The number of fused-ring (bicyclic) bond motifs is 1. The fourth-order valence-electron chi connectivity index (χ4n) is 3.98. The fourth-order valence-corrected chi connectivity index (χ4v) is 6.00. The average molecular weight is 489 g/mol. The third-order valence-corrected chi connectivity index (χ3v) is 8.18. The first-order valence-electron chi connectivity index (χ1n) is 11.2. The molecule has 33 heavy (non-hydrogen) atoms. The van der Waals surface area contributed by atoms with Gasteiger partial charge in [-0.15, -0.1) is 11.3 Å². The zero-order valence-electron chi connectivity index (χ0n) is 18.4. The van der Waals surface area contributed by atoms with Crippen LogP contribution >= 0.6 is 11.3 Å². The number of amidine groups is 1. The maximum absolute atomic E-state index is 12.8. The van der Waals surface area contributed by atoms with Crippen LogP contribution in [-0.4, -0.2) is 44.1 Å². The van der Waals surface area contributed by atoms with E-state index in [0.29, 0.717) is 37.6 Å². The summed E-state index contributed by atoms with van der Waals surface area (Å²) in [5.74, 6) is 0.103. The normalized spacial score (nSPS) is 16.4. The summed E-state index contributed by atoms with van der Waals surface area (Å²) < 4.78 is 28.1. The molecular formula is C23H28N4O4S2. The molecule has 3 heterocycles. The van der Waals surface area contributed by atoms with Gasteiger partial charge in [-0.3, -0.25) is 19.3 Å². The molecule has 2 N–H and O–H groups in total. The molecule has 10 heteroatoms. The lowest BCUT2D eigenvalue weighted by atomic mass is 10.1. The van der Waals surface area contributed by atoms with Crippen LogP contribution in [0.1, 0.15) is 49.0 Å². The number of amides is 2. The molecule has 4 rings (SSSR count). The highest BCUT2D eigenvalue weighted by Gasteiger charge is 2.22. The van der Waals surface area contributed by atoms with Gasteiger partial charge in [-0.2, -0.15) is 0 Å². The highest BCUT2D eigenvalue weighted by atomic mass is 32.2. The second-order valence-corrected chi connectivity index (χ2v) is 10.9. The van der Waals surface area contributed by atoms with Crippen molar-refractivity contribution in [3.8, 4) is 0 Å². The van der Waals surface area contributed by atoms with Gasteiger partial charge in [-0.1, -0.05) is 12.5 Å². The molecule has 176 valence electrons. The molecule has 2 aromatic rings. The molecule has 2 aliphatic rings. The first kappa shape index (κ1) is 23.4. The van der Waals surface area contributed by atoms with Crippen molar-refractivity contribution in [3.05, 3.63) is 46.2 Å². The number of thiophene rings is 1. The predicted molar refractivity (Wildman–Crippen MR) is 129 cm³/mol. The van der Waals surface area contributed by atoms with Crippen LogP contribution in [0, 0.1) is 0 Å². The van der Waals surface area contributed by atoms with E-state index >= 15 is 0 Å². The van der Waals surface area contributed by atoms with Crippen LogP contribution in [0.15, 0.2) is 45.6 Å². The Morgan fingerprint density at radius 2 is 1.97 bits per heavy atom. The van der Waals surface area contributed by atoms with E-state index in [0.717, 1.165) is 25.7 Å². The summed E-state index contributed by atoms with van der Waals surface area (Å²) in [6, 6.07) is 8.15. The number of benzene rings is 1. The molecule has 1 aromatic carbocycles. The number of nitrogens with one attached hydrogen (secondary N) is 2. The second kappa shape index (κ2) is 10.5. The van der Waals surface area contributed by atoms with E-state index in [1.54, 1.807) is 28.4 Å². The fraction of sp³-hybridized carbons (Fsp3) is 0.435. The Hall–Kier alpha value is -2.72. The minimum Gasteiger partial charge on any atom is -0.338 e. The van der Waals surface area contributed by atoms with Gasteiger partial charge in [0.25, 0.3) is 10.0 Å². The summed E-state index contributed by atoms with van der Waals surface area (Å²) >= 11 is 1.72. The van der Waals surface area contributed by atoms with Gasteiger partial charge in [-0.05, 0) is 54.5 Å². The molecule has 8 nitrogen and oxygen atoms in total. The molecule has 0 bridgehead atoms. The summed E-state index contributed by atoms with van der Waals surface area (Å²) in [6.07, 6.45) is 4.51. The van der Waals surface area contributed by atoms with Gasteiger partial charge in [0, 0.05) is 49.5 Å². The van der Waals surface area contributed by atoms with E-state index in [9.17, 15) is 18.0 Å². The Bertz CT molecular complexity index is 1160. The number of hydrogen-bond acceptors (Lipinski definition) is 6. The zero-order chi connectivity index (χ0) is 23.3. The number of carbonyl (C=O) groups excluding carboxylic acids is 2. The smallest absolute Gasteiger partial charge is 0.262 e.